The Morgan fingerprint density at radius 2 is 2.00 bits per heavy atom. The van der Waals surface area contributed by atoms with E-state index in [9.17, 15) is 13.2 Å². The summed E-state index contributed by atoms with van der Waals surface area (Å²) in [6.07, 6.45) is 0.793. The molecule has 0 saturated heterocycles. The molecule has 0 aliphatic rings. The fraction of sp³-hybridized carbons (Fsp3) is 0.444. The summed E-state index contributed by atoms with van der Waals surface area (Å²) in [6.45, 7) is 4.81. The summed E-state index contributed by atoms with van der Waals surface area (Å²) in [5.41, 5.74) is 1.41. The number of hydrogen-bond donors (Lipinski definition) is 1. The molecular weight excluding hydrogens is 372 g/mol. The van der Waals surface area contributed by atoms with Crippen molar-refractivity contribution < 1.29 is 17.9 Å². The molecule has 8 heteroatoms. The van der Waals surface area contributed by atoms with Crippen LogP contribution in [-0.2, 0) is 25.1 Å². The van der Waals surface area contributed by atoms with Gasteiger partial charge in [0.1, 0.15) is 10.8 Å². The first-order valence-corrected chi connectivity index (χ1v) is 11.1. The molecule has 0 bridgehead atoms. The van der Waals surface area contributed by atoms with Gasteiger partial charge in [-0.15, -0.1) is 11.3 Å². The van der Waals surface area contributed by atoms with Crippen LogP contribution in [0.5, 0.6) is 0 Å². The molecule has 2 rings (SSSR count). The average Bonchev–Trinajstić information content (AvgIpc) is 3.02. The summed E-state index contributed by atoms with van der Waals surface area (Å²) >= 11 is 1.39. The van der Waals surface area contributed by atoms with E-state index in [2.05, 4.69) is 10.3 Å². The van der Waals surface area contributed by atoms with Gasteiger partial charge >= 0.3 is 0 Å². The average molecular weight is 397 g/mol. The van der Waals surface area contributed by atoms with Gasteiger partial charge in [-0.05, 0) is 20.3 Å². The fourth-order valence-corrected chi connectivity index (χ4v) is 4.37. The number of amides is 1. The van der Waals surface area contributed by atoms with Crippen molar-refractivity contribution in [2.75, 3.05) is 18.9 Å². The maximum absolute atomic E-state index is 12.2. The van der Waals surface area contributed by atoms with Crippen LogP contribution in [0.4, 0.5) is 0 Å². The van der Waals surface area contributed by atoms with Gasteiger partial charge in [-0.3, -0.25) is 4.79 Å². The Kier molecular flexibility index (Phi) is 7.74. The number of rotatable bonds is 10. The summed E-state index contributed by atoms with van der Waals surface area (Å²) in [4.78, 5) is 16.2. The third kappa shape index (κ3) is 7.23. The molecule has 142 valence electrons. The van der Waals surface area contributed by atoms with Gasteiger partial charge in [-0.2, -0.15) is 0 Å². The van der Waals surface area contributed by atoms with Gasteiger partial charge in [0.15, 0.2) is 9.84 Å². The highest BCUT2D eigenvalue weighted by atomic mass is 32.2. The molecule has 1 heterocycles. The number of sulfone groups is 1. The van der Waals surface area contributed by atoms with Gasteiger partial charge in [0, 0.05) is 24.1 Å². The largest absolute Gasteiger partial charge is 0.379 e. The van der Waals surface area contributed by atoms with Crippen LogP contribution in [-0.4, -0.2) is 44.3 Å². The lowest BCUT2D eigenvalue weighted by Crippen LogP contribution is -2.32. The predicted octanol–water partition coefficient (Wildman–Crippen LogP) is 2.66. The van der Waals surface area contributed by atoms with E-state index < -0.39 is 21.5 Å². The lowest BCUT2D eigenvalue weighted by atomic mass is 10.2. The molecule has 0 unspecified atom stereocenters. The number of aromatic nitrogens is 1. The van der Waals surface area contributed by atoms with Gasteiger partial charge in [0.05, 0.1) is 17.6 Å². The maximum Gasteiger partial charge on any atom is 0.235 e. The molecule has 1 N–H and O–H groups in total. The number of carbonyl (C=O) groups is 1. The van der Waals surface area contributed by atoms with Crippen molar-refractivity contribution in [1.82, 2.24) is 10.3 Å². The van der Waals surface area contributed by atoms with Crippen LogP contribution in [0.3, 0.4) is 0 Å². The molecule has 0 aliphatic carbocycles. The third-order valence-corrected chi connectivity index (χ3v) is 5.76. The second kappa shape index (κ2) is 9.80. The first-order chi connectivity index (χ1) is 12.4. The standard InChI is InChI=1S/C18H24N2O4S2/c1-14(2)24-10-6-9-19-17(21)13-26(22,23)12-16-11-25-18(20-16)15-7-4-3-5-8-15/h3-5,7-8,11,14H,6,9-10,12-13H2,1-2H3,(H,19,21). The zero-order valence-electron chi connectivity index (χ0n) is 15.0. The quantitative estimate of drug-likeness (QED) is 0.624. The van der Waals surface area contributed by atoms with Crippen molar-refractivity contribution in [2.24, 2.45) is 0 Å². The maximum atomic E-state index is 12.2. The monoisotopic (exact) mass is 396 g/mol. The van der Waals surface area contributed by atoms with Gasteiger partial charge in [-0.25, -0.2) is 13.4 Å². The second-order valence-corrected chi connectivity index (χ2v) is 9.09. The molecule has 1 aromatic carbocycles. The van der Waals surface area contributed by atoms with Crippen LogP contribution in [0.15, 0.2) is 35.7 Å². The topological polar surface area (TPSA) is 85.4 Å². The number of nitrogens with zero attached hydrogens (tertiary/aromatic N) is 1. The number of nitrogens with one attached hydrogen (secondary N) is 1. The summed E-state index contributed by atoms with van der Waals surface area (Å²) in [5.74, 6) is -1.26. The minimum atomic E-state index is -3.56. The van der Waals surface area contributed by atoms with Crippen molar-refractivity contribution in [1.29, 1.82) is 0 Å². The number of hydrogen-bond acceptors (Lipinski definition) is 6. The highest BCUT2D eigenvalue weighted by Gasteiger charge is 2.19. The molecular formula is C18H24N2O4S2. The molecule has 0 fully saturated rings. The Bertz CT molecular complexity index is 802. The van der Waals surface area contributed by atoms with Crippen LogP contribution in [0.2, 0.25) is 0 Å². The highest BCUT2D eigenvalue weighted by molar-refractivity contribution is 7.91. The Morgan fingerprint density at radius 3 is 2.69 bits per heavy atom. The van der Waals surface area contributed by atoms with Crippen molar-refractivity contribution in [3.63, 3.8) is 0 Å². The summed E-state index contributed by atoms with van der Waals surface area (Å²) in [7, 11) is -3.56. The van der Waals surface area contributed by atoms with Crippen LogP contribution in [0, 0.1) is 0 Å². The Labute approximate surface area is 158 Å². The molecule has 1 aromatic heterocycles. The van der Waals surface area contributed by atoms with Gasteiger partial charge in [0.2, 0.25) is 5.91 Å². The van der Waals surface area contributed by atoms with Crippen LogP contribution >= 0.6 is 11.3 Å². The summed E-state index contributed by atoms with van der Waals surface area (Å²) in [6, 6.07) is 9.57. The van der Waals surface area contributed by atoms with E-state index in [0.29, 0.717) is 25.3 Å². The van der Waals surface area contributed by atoms with E-state index in [0.717, 1.165) is 10.6 Å². The first kappa shape index (κ1) is 20.5. The lowest BCUT2D eigenvalue weighted by molar-refractivity contribution is -0.118. The van der Waals surface area contributed by atoms with Crippen molar-refractivity contribution in [3.05, 3.63) is 41.4 Å². The zero-order chi connectivity index (χ0) is 19.0. The van der Waals surface area contributed by atoms with E-state index in [1.54, 1.807) is 5.38 Å². The molecule has 0 saturated carbocycles. The molecule has 2 aromatic rings. The predicted molar refractivity (Wildman–Crippen MR) is 104 cm³/mol. The molecule has 6 nitrogen and oxygen atoms in total. The second-order valence-electron chi connectivity index (χ2n) is 6.17. The lowest BCUT2D eigenvalue weighted by Gasteiger charge is -2.08. The van der Waals surface area contributed by atoms with Gasteiger partial charge < -0.3 is 10.1 Å². The molecule has 1 amide bonds. The number of ether oxygens (including phenoxy) is 1. The third-order valence-electron chi connectivity index (χ3n) is 3.39. The number of benzene rings is 1. The SMILES string of the molecule is CC(C)OCCCNC(=O)CS(=O)(=O)Cc1csc(-c2ccccc2)n1. The Balaban J connectivity index is 1.81. The Hall–Kier alpha value is -1.77. The van der Waals surface area contributed by atoms with Crippen molar-refractivity contribution in [3.8, 4) is 10.6 Å². The van der Waals surface area contributed by atoms with E-state index in [1.165, 1.54) is 11.3 Å². The molecule has 26 heavy (non-hydrogen) atoms. The van der Waals surface area contributed by atoms with Crippen molar-refractivity contribution in [2.45, 2.75) is 32.1 Å². The zero-order valence-corrected chi connectivity index (χ0v) is 16.6. The summed E-state index contributed by atoms with van der Waals surface area (Å²) < 4.78 is 29.8. The van der Waals surface area contributed by atoms with E-state index in [4.69, 9.17) is 4.74 Å². The molecule has 0 spiro atoms. The van der Waals surface area contributed by atoms with Crippen molar-refractivity contribution >= 4 is 27.1 Å². The highest BCUT2D eigenvalue weighted by Crippen LogP contribution is 2.24. The molecule has 0 atom stereocenters. The smallest absolute Gasteiger partial charge is 0.235 e. The van der Waals surface area contributed by atoms with Gasteiger partial charge in [-0.1, -0.05) is 30.3 Å². The Morgan fingerprint density at radius 1 is 1.27 bits per heavy atom. The first-order valence-electron chi connectivity index (χ1n) is 8.44. The molecule has 0 radical (unpaired) electrons. The van der Waals surface area contributed by atoms with Gasteiger partial charge in [0.25, 0.3) is 0 Å². The molecule has 0 aliphatic heterocycles. The number of carbonyl (C=O) groups excluding carboxylic acids is 1. The van der Waals surface area contributed by atoms with E-state index >= 15 is 0 Å². The minimum absolute atomic E-state index is 0.143. The fourth-order valence-electron chi connectivity index (χ4n) is 2.23. The number of thiazole rings is 1. The normalized spacial score (nSPS) is 11.7. The minimum Gasteiger partial charge on any atom is -0.379 e. The van der Waals surface area contributed by atoms with Crippen LogP contribution < -0.4 is 5.32 Å². The van der Waals surface area contributed by atoms with Crippen LogP contribution in [0.1, 0.15) is 26.0 Å². The van der Waals surface area contributed by atoms with E-state index in [1.807, 2.05) is 44.2 Å². The van der Waals surface area contributed by atoms with E-state index in [-0.39, 0.29) is 11.9 Å². The summed E-state index contributed by atoms with van der Waals surface area (Å²) in [5, 5.41) is 5.11. The van der Waals surface area contributed by atoms with Crippen LogP contribution in [0.25, 0.3) is 10.6 Å².